The van der Waals surface area contributed by atoms with E-state index in [4.69, 9.17) is 22.9 Å². The van der Waals surface area contributed by atoms with Crippen molar-refractivity contribution in [2.24, 2.45) is 101 Å². The van der Waals surface area contributed by atoms with Gasteiger partial charge in [0.25, 0.3) is 0 Å². The van der Waals surface area contributed by atoms with Gasteiger partial charge in [0.05, 0.1) is 30.4 Å². The zero-order chi connectivity index (χ0) is 72.5. The summed E-state index contributed by atoms with van der Waals surface area (Å²) < 4.78 is 0. The SMILES string of the molecule is CC1CC(N)CC(C)(C)C1N.CC1CC(N)CC(C)(C)C1O.CC1CC(N=C=O)CC(C)(C)C1N=C=O.CC1CC(O)CC(C)(C)C1N.CC1CC(c2ccc(O)cc2)(c2ccc(O)cc2)CC(C)(C)C1=O.CC1CC(c2ccc(O)cc2)(c2ccc(O)cc2)CC(C)(C)C1O. The molecule has 4 aromatic rings. The van der Waals surface area contributed by atoms with E-state index in [0.717, 1.165) is 92.9 Å². The smallest absolute Gasteiger partial charge is 0.235 e. The fraction of sp³-hybridized carbons (Fsp3) is 0.662. The molecule has 15 unspecified atom stereocenters. The van der Waals surface area contributed by atoms with Crippen molar-refractivity contribution in [3.8, 4) is 23.0 Å². The van der Waals surface area contributed by atoms with Crippen LogP contribution in [0, 0.1) is 68.0 Å². The van der Waals surface area contributed by atoms with Gasteiger partial charge in [-0.1, -0.05) is 173 Å². The van der Waals surface area contributed by atoms with E-state index < -0.39 is 5.41 Å². The van der Waals surface area contributed by atoms with Crippen molar-refractivity contribution in [1.29, 1.82) is 0 Å². The summed E-state index contributed by atoms with van der Waals surface area (Å²) >= 11 is 0. The maximum Gasteiger partial charge on any atom is 0.235 e. The van der Waals surface area contributed by atoms with Gasteiger partial charge in [0.1, 0.15) is 28.8 Å². The van der Waals surface area contributed by atoms with Crippen LogP contribution in [0.3, 0.4) is 0 Å². The van der Waals surface area contributed by atoms with E-state index >= 15 is 0 Å². The minimum Gasteiger partial charge on any atom is -0.508 e. The van der Waals surface area contributed by atoms with E-state index in [1.54, 1.807) is 60.7 Å². The van der Waals surface area contributed by atoms with Gasteiger partial charge in [-0.2, -0.15) is 0 Å². The summed E-state index contributed by atoms with van der Waals surface area (Å²) in [6, 6.07) is 30.6. The Kier molecular flexibility index (Phi) is 27.4. The maximum absolute atomic E-state index is 12.6. The van der Waals surface area contributed by atoms with Crippen molar-refractivity contribution in [3.05, 3.63) is 119 Å². The molecule has 0 heterocycles. The van der Waals surface area contributed by atoms with Crippen molar-refractivity contribution in [1.82, 2.24) is 0 Å². The number of aromatic hydroxyl groups is 4. The first-order valence-electron chi connectivity index (χ1n) is 35.2. The molecule has 0 spiro atoms. The number of ketones is 1. The summed E-state index contributed by atoms with van der Waals surface area (Å²) in [5.41, 5.74) is 27.3. The molecule has 10 rings (SSSR count). The first kappa shape index (κ1) is 80.9. The summed E-state index contributed by atoms with van der Waals surface area (Å²) in [5.74, 6) is 3.01. The number of hydrogen-bond acceptors (Lipinski definition) is 16. The number of aliphatic imine (C=N–C) groups is 2. The van der Waals surface area contributed by atoms with E-state index in [-0.39, 0.29) is 121 Å². The van der Waals surface area contributed by atoms with Gasteiger partial charge in [-0.3, -0.25) is 4.79 Å². The van der Waals surface area contributed by atoms with E-state index in [9.17, 15) is 50.1 Å². The zero-order valence-electron chi connectivity index (χ0n) is 61.4. The van der Waals surface area contributed by atoms with Gasteiger partial charge in [-0.05, 0) is 204 Å². The summed E-state index contributed by atoms with van der Waals surface area (Å²) in [6.45, 7) is 37.7. The molecule has 6 aliphatic carbocycles. The molecule has 0 aromatic heterocycles. The second kappa shape index (κ2) is 32.5. The van der Waals surface area contributed by atoms with Crippen LogP contribution in [-0.4, -0.2) is 108 Å². The standard InChI is InChI=1S/C21H26O3.C21H24O3.C11H16N2O2.C9H20N2.2C9H19NO/c2*1-14-12-21(13-20(2,3)19(14)24,15-4-8-17(22)9-5-15)16-6-10-18(23)11-7-16;1-8-4-9(12-6-14)5-11(2,3)10(8)13-7-15;1-6-4-7(10)5-9(2,3)8(6)11;1-6-4-7(11)5-9(2,3)8(6)10;1-6-4-7(10)5-9(2,3)8(6)11/h4-11,14,19,22-24H,12-13H2,1-3H3;4-11,14,22-23H,12-13H2,1-3H3;8-10H,4-5H2,1-3H3;6-8H,4-5,10-11H2,1-3H3;2*6-8,11H,4-5,10H2,1-3H3. The third-order valence-electron chi connectivity index (χ3n) is 22.8. The predicted octanol–water partition coefficient (Wildman–Crippen LogP) is 13.8. The van der Waals surface area contributed by atoms with Gasteiger partial charge in [-0.15, -0.1) is 0 Å². The zero-order valence-corrected chi connectivity index (χ0v) is 61.4. The topological polar surface area (TPSA) is 322 Å². The minimum atomic E-state index is -0.423. The minimum absolute atomic E-state index is 0.0110. The van der Waals surface area contributed by atoms with E-state index in [1.165, 1.54) is 0 Å². The van der Waals surface area contributed by atoms with E-state index in [1.807, 2.05) is 90.1 Å². The van der Waals surface area contributed by atoms with Crippen molar-refractivity contribution in [2.75, 3.05) is 0 Å². The number of aliphatic hydroxyl groups excluding tert-OH is 3. The van der Waals surface area contributed by atoms with Crippen LogP contribution in [0.2, 0.25) is 0 Å². The third kappa shape index (κ3) is 20.2. The molecule has 0 aliphatic heterocycles. The highest BCUT2D eigenvalue weighted by molar-refractivity contribution is 5.87. The summed E-state index contributed by atoms with van der Waals surface area (Å²) in [6.07, 6.45) is 13.0. The van der Waals surface area contributed by atoms with Crippen molar-refractivity contribution >= 4 is 17.9 Å². The van der Waals surface area contributed by atoms with Crippen molar-refractivity contribution in [2.45, 2.75) is 267 Å². The Labute approximate surface area is 575 Å². The first-order valence-corrected chi connectivity index (χ1v) is 35.2. The van der Waals surface area contributed by atoms with Crippen LogP contribution in [0.15, 0.2) is 107 Å². The van der Waals surface area contributed by atoms with Crippen LogP contribution in [0.1, 0.15) is 224 Å². The molecule has 6 fully saturated rings. The summed E-state index contributed by atoms with van der Waals surface area (Å²) in [5, 5.41) is 68.5. The Bertz CT molecular complexity index is 3030. The molecular weight excluding hydrogens is 1200 g/mol. The Morgan fingerprint density at radius 2 is 0.760 bits per heavy atom. The molecule has 16 nitrogen and oxygen atoms in total. The quantitative estimate of drug-likeness (QED) is 0.0632. The average Bonchev–Trinajstić information content (AvgIpc) is 0.752. The molecule has 15 atom stereocenters. The third-order valence-corrected chi connectivity index (χ3v) is 22.8. The molecule has 15 N–H and O–H groups in total. The van der Waals surface area contributed by atoms with Gasteiger partial charge < -0.3 is 58.7 Å². The Morgan fingerprint density at radius 1 is 0.396 bits per heavy atom. The molecule has 0 bridgehead atoms. The van der Waals surface area contributed by atoms with Crippen molar-refractivity contribution < 1.29 is 50.1 Å². The second-order valence-corrected chi connectivity index (χ2v) is 34.5. The second-order valence-electron chi connectivity index (χ2n) is 34.5. The van der Waals surface area contributed by atoms with Gasteiger partial charge in [0, 0.05) is 46.3 Å². The van der Waals surface area contributed by atoms with Crippen LogP contribution in [0.4, 0.5) is 0 Å². The number of nitrogens with two attached hydrogens (primary N) is 4. The first-order chi connectivity index (χ1) is 44.3. The lowest BCUT2D eigenvalue weighted by Crippen LogP contribution is -2.51. The van der Waals surface area contributed by atoms with Crippen molar-refractivity contribution in [3.63, 3.8) is 0 Å². The molecule has 0 radical (unpaired) electrons. The summed E-state index contributed by atoms with van der Waals surface area (Å²) in [7, 11) is 0. The fourth-order valence-electron chi connectivity index (χ4n) is 18.3. The number of carbonyl (C=O) groups is 1. The van der Waals surface area contributed by atoms with Gasteiger partial charge >= 0.3 is 0 Å². The van der Waals surface area contributed by atoms with Crippen LogP contribution >= 0.6 is 0 Å². The number of hydrogen-bond donors (Lipinski definition) is 11. The normalized spacial score (nSPS) is 32.3. The van der Waals surface area contributed by atoms with Gasteiger partial charge in [0.15, 0.2) is 0 Å². The molecule has 534 valence electrons. The van der Waals surface area contributed by atoms with E-state index in [2.05, 4.69) is 93.1 Å². The molecule has 6 saturated carbocycles. The lowest BCUT2D eigenvalue weighted by Gasteiger charge is -2.51. The Balaban J connectivity index is 0.000000216. The van der Waals surface area contributed by atoms with E-state index in [0.29, 0.717) is 42.0 Å². The van der Waals surface area contributed by atoms with Crippen LogP contribution in [0.5, 0.6) is 23.0 Å². The molecule has 0 saturated heterocycles. The lowest BCUT2D eigenvalue weighted by molar-refractivity contribution is -0.135. The number of Topliss-reactive ketones (excluding diaryl/α,β-unsaturated/α-hetero) is 1. The number of aliphatic hydroxyl groups is 3. The fourth-order valence-corrected chi connectivity index (χ4v) is 18.3. The number of benzene rings is 4. The summed E-state index contributed by atoms with van der Waals surface area (Å²) in [4.78, 5) is 40.8. The highest BCUT2D eigenvalue weighted by Gasteiger charge is 2.52. The molecule has 6 aliphatic rings. The monoisotopic (exact) mass is 1330 g/mol. The van der Waals surface area contributed by atoms with Gasteiger partial charge in [-0.25, -0.2) is 19.6 Å². The molecular formula is C80H124N6O10. The number of phenols is 4. The average molecular weight is 1330 g/mol. The number of rotatable bonds is 6. The van der Waals surface area contributed by atoms with Gasteiger partial charge in [0.2, 0.25) is 12.2 Å². The molecule has 96 heavy (non-hydrogen) atoms. The maximum atomic E-state index is 12.6. The van der Waals surface area contributed by atoms with Crippen LogP contribution in [-0.2, 0) is 25.2 Å². The van der Waals surface area contributed by atoms with Crippen LogP contribution < -0.4 is 22.9 Å². The van der Waals surface area contributed by atoms with Crippen LogP contribution in [0.25, 0.3) is 0 Å². The predicted molar refractivity (Wildman–Crippen MR) is 386 cm³/mol. The highest BCUT2D eigenvalue weighted by Crippen LogP contribution is 2.55. The largest absolute Gasteiger partial charge is 0.508 e. The Hall–Kier alpha value is -5.77. The molecule has 4 aromatic carbocycles. The number of nitrogens with zero attached hydrogens (tertiary/aromatic N) is 2. The number of phenolic OH excluding ortho intramolecular Hbond substituents is 4. The Morgan fingerprint density at radius 3 is 1.11 bits per heavy atom. The lowest BCUT2D eigenvalue weighted by atomic mass is 9.54. The number of isocyanates is 2. The molecule has 16 heteroatoms. The number of carbonyl (C=O) groups excluding carboxylic acids is 3. The highest BCUT2D eigenvalue weighted by atomic mass is 16.3. The molecule has 0 amide bonds.